The van der Waals surface area contributed by atoms with E-state index in [1.807, 2.05) is 50.5 Å². The van der Waals surface area contributed by atoms with Gasteiger partial charge in [0.25, 0.3) is 0 Å². The maximum absolute atomic E-state index is 10.8. The number of aromatic hydroxyl groups is 1. The molecule has 5 rings (SSSR count). The molecule has 0 amide bonds. The SMILES string of the molecule is Cc1c(O)c(-c2ccc3nc(N4CC[C@@H](NC(C)(C)C)C4)ccc3n2)cc2cn(C)nc12. The molecule has 0 spiro atoms. The van der Waals surface area contributed by atoms with E-state index >= 15 is 0 Å². The van der Waals surface area contributed by atoms with E-state index in [0.29, 0.717) is 11.6 Å². The highest BCUT2D eigenvalue weighted by atomic mass is 16.3. The quantitative estimate of drug-likeness (QED) is 0.508. The van der Waals surface area contributed by atoms with Crippen molar-refractivity contribution in [3.05, 3.63) is 42.1 Å². The van der Waals surface area contributed by atoms with Gasteiger partial charge < -0.3 is 15.3 Å². The predicted octanol–water partition coefficient (Wildman–Crippen LogP) is 4.16. The van der Waals surface area contributed by atoms with E-state index < -0.39 is 0 Å². The summed E-state index contributed by atoms with van der Waals surface area (Å²) in [5.74, 6) is 1.21. The summed E-state index contributed by atoms with van der Waals surface area (Å²) in [4.78, 5) is 12.0. The summed E-state index contributed by atoms with van der Waals surface area (Å²) >= 11 is 0. The zero-order chi connectivity index (χ0) is 22.6. The standard InChI is InChI=1S/C25H30N6O/c1-15-23-16(13-30(5)29-23)12-18(24(15)32)19-6-7-21-20(26-19)8-9-22(27-21)31-11-10-17(14-31)28-25(2,3)4/h6-9,12-13,17,28,32H,10-11,14H2,1-5H3/t17-/m1/s1. The van der Waals surface area contributed by atoms with E-state index in [9.17, 15) is 5.11 Å². The Morgan fingerprint density at radius 1 is 1.09 bits per heavy atom. The van der Waals surface area contributed by atoms with Crippen LogP contribution in [0.1, 0.15) is 32.8 Å². The number of nitrogens with one attached hydrogen (secondary N) is 1. The predicted molar refractivity (Wildman–Crippen MR) is 129 cm³/mol. The molecule has 32 heavy (non-hydrogen) atoms. The molecule has 166 valence electrons. The first kappa shape index (κ1) is 20.7. The number of benzene rings is 1. The minimum atomic E-state index is 0.112. The van der Waals surface area contributed by atoms with Crippen molar-refractivity contribution in [1.82, 2.24) is 25.1 Å². The number of rotatable bonds is 3. The number of phenols is 1. The van der Waals surface area contributed by atoms with Crippen molar-refractivity contribution in [3.63, 3.8) is 0 Å². The fourth-order valence-electron chi connectivity index (χ4n) is 4.66. The van der Waals surface area contributed by atoms with E-state index in [2.05, 4.69) is 36.1 Å². The van der Waals surface area contributed by atoms with E-state index in [0.717, 1.165) is 58.5 Å². The summed E-state index contributed by atoms with van der Waals surface area (Å²) in [6.45, 7) is 10.5. The first-order chi connectivity index (χ1) is 15.2. The van der Waals surface area contributed by atoms with Gasteiger partial charge in [-0.15, -0.1) is 0 Å². The second-order valence-corrected chi connectivity index (χ2v) is 9.87. The van der Waals surface area contributed by atoms with Crippen LogP contribution in [-0.2, 0) is 7.05 Å². The van der Waals surface area contributed by atoms with Crippen molar-refractivity contribution in [2.24, 2.45) is 7.05 Å². The average molecular weight is 431 g/mol. The third-order valence-corrected chi connectivity index (χ3v) is 6.08. The molecule has 0 bridgehead atoms. The smallest absolute Gasteiger partial charge is 0.130 e. The van der Waals surface area contributed by atoms with Gasteiger partial charge in [-0.05, 0) is 64.4 Å². The first-order valence-electron chi connectivity index (χ1n) is 11.1. The van der Waals surface area contributed by atoms with E-state index in [1.54, 1.807) is 4.68 Å². The highest BCUT2D eigenvalue weighted by molar-refractivity contribution is 5.91. The van der Waals surface area contributed by atoms with Gasteiger partial charge in [0.2, 0.25) is 0 Å². The topological polar surface area (TPSA) is 79.1 Å². The van der Waals surface area contributed by atoms with Gasteiger partial charge in [-0.2, -0.15) is 5.10 Å². The average Bonchev–Trinajstić information content (AvgIpc) is 3.34. The molecule has 1 atom stereocenters. The molecule has 4 aromatic rings. The minimum Gasteiger partial charge on any atom is -0.507 e. The van der Waals surface area contributed by atoms with Crippen LogP contribution in [-0.4, -0.2) is 49.5 Å². The normalized spacial score (nSPS) is 17.0. The number of aryl methyl sites for hydroxylation is 2. The molecule has 0 saturated carbocycles. The molecule has 1 saturated heterocycles. The zero-order valence-electron chi connectivity index (χ0n) is 19.3. The summed E-state index contributed by atoms with van der Waals surface area (Å²) in [6.07, 6.45) is 3.07. The third-order valence-electron chi connectivity index (χ3n) is 6.08. The number of hydrogen-bond acceptors (Lipinski definition) is 6. The second kappa shape index (κ2) is 7.45. The molecule has 4 heterocycles. The van der Waals surface area contributed by atoms with E-state index in [1.165, 1.54) is 0 Å². The fourth-order valence-corrected chi connectivity index (χ4v) is 4.66. The van der Waals surface area contributed by atoms with Crippen LogP contribution in [0, 0.1) is 6.92 Å². The van der Waals surface area contributed by atoms with Crippen LogP contribution in [0.25, 0.3) is 33.2 Å². The molecular formula is C25H30N6O. The van der Waals surface area contributed by atoms with Gasteiger partial charge in [0.15, 0.2) is 0 Å². The summed E-state index contributed by atoms with van der Waals surface area (Å²) in [6, 6.07) is 10.4. The van der Waals surface area contributed by atoms with Crippen molar-refractivity contribution in [1.29, 1.82) is 0 Å². The number of pyridine rings is 2. The van der Waals surface area contributed by atoms with Gasteiger partial charge in [0, 0.05) is 54.4 Å². The molecule has 2 N–H and O–H groups in total. The Morgan fingerprint density at radius 3 is 2.62 bits per heavy atom. The van der Waals surface area contributed by atoms with Crippen LogP contribution in [0.2, 0.25) is 0 Å². The Bertz CT molecular complexity index is 1320. The molecule has 0 unspecified atom stereocenters. The third kappa shape index (κ3) is 3.77. The summed E-state index contributed by atoms with van der Waals surface area (Å²) in [5.41, 5.74) is 4.81. The summed E-state index contributed by atoms with van der Waals surface area (Å²) < 4.78 is 1.76. The number of fused-ring (bicyclic) bond motifs is 2. The molecule has 0 aliphatic carbocycles. The fraction of sp³-hybridized carbons (Fsp3) is 0.400. The van der Waals surface area contributed by atoms with Crippen molar-refractivity contribution < 1.29 is 5.11 Å². The Morgan fingerprint density at radius 2 is 1.84 bits per heavy atom. The number of nitrogens with zero attached hydrogens (tertiary/aromatic N) is 5. The van der Waals surface area contributed by atoms with Gasteiger partial charge in [-0.3, -0.25) is 4.68 Å². The second-order valence-electron chi connectivity index (χ2n) is 9.87. The lowest BCUT2D eigenvalue weighted by Gasteiger charge is -2.26. The molecular weight excluding hydrogens is 400 g/mol. The van der Waals surface area contributed by atoms with Crippen LogP contribution in [0.15, 0.2) is 36.5 Å². The summed E-state index contributed by atoms with van der Waals surface area (Å²) in [7, 11) is 1.88. The largest absolute Gasteiger partial charge is 0.507 e. The van der Waals surface area contributed by atoms with Crippen LogP contribution >= 0.6 is 0 Å². The number of aromatic nitrogens is 4. The number of hydrogen-bond donors (Lipinski definition) is 2. The van der Waals surface area contributed by atoms with Crippen molar-refractivity contribution in [2.45, 2.75) is 45.7 Å². The van der Waals surface area contributed by atoms with E-state index in [-0.39, 0.29) is 11.3 Å². The van der Waals surface area contributed by atoms with Crippen LogP contribution in [0.5, 0.6) is 5.75 Å². The highest BCUT2D eigenvalue weighted by Crippen LogP contribution is 2.36. The van der Waals surface area contributed by atoms with Crippen LogP contribution in [0.3, 0.4) is 0 Å². The van der Waals surface area contributed by atoms with Gasteiger partial charge in [0.05, 0.1) is 22.2 Å². The van der Waals surface area contributed by atoms with Crippen molar-refractivity contribution in [3.8, 4) is 17.0 Å². The zero-order valence-corrected chi connectivity index (χ0v) is 19.3. The molecule has 1 aromatic carbocycles. The molecule has 0 radical (unpaired) electrons. The van der Waals surface area contributed by atoms with Crippen LogP contribution < -0.4 is 10.2 Å². The highest BCUT2D eigenvalue weighted by Gasteiger charge is 2.26. The Balaban J connectivity index is 1.45. The first-order valence-corrected chi connectivity index (χ1v) is 11.1. The van der Waals surface area contributed by atoms with Gasteiger partial charge in [-0.1, -0.05) is 0 Å². The minimum absolute atomic E-state index is 0.112. The number of anilines is 1. The molecule has 1 fully saturated rings. The van der Waals surface area contributed by atoms with Gasteiger partial charge >= 0.3 is 0 Å². The lowest BCUT2D eigenvalue weighted by atomic mass is 10.0. The van der Waals surface area contributed by atoms with E-state index in [4.69, 9.17) is 9.97 Å². The molecule has 7 heteroatoms. The Kier molecular flexibility index (Phi) is 4.82. The number of phenolic OH excluding ortho intramolecular Hbond substituents is 1. The Hall–Kier alpha value is -3.19. The van der Waals surface area contributed by atoms with Crippen molar-refractivity contribution in [2.75, 3.05) is 18.0 Å². The van der Waals surface area contributed by atoms with Crippen molar-refractivity contribution >= 4 is 27.8 Å². The maximum atomic E-state index is 10.8. The molecule has 1 aliphatic rings. The molecule has 1 aliphatic heterocycles. The molecule has 7 nitrogen and oxygen atoms in total. The lowest BCUT2D eigenvalue weighted by molar-refractivity contribution is 0.373. The van der Waals surface area contributed by atoms with Crippen LogP contribution in [0.4, 0.5) is 5.82 Å². The monoisotopic (exact) mass is 430 g/mol. The Labute approximate surface area is 188 Å². The summed E-state index contributed by atoms with van der Waals surface area (Å²) in [5, 5.41) is 19.9. The van der Waals surface area contributed by atoms with Gasteiger partial charge in [0.1, 0.15) is 11.6 Å². The lowest BCUT2D eigenvalue weighted by Crippen LogP contribution is -2.44. The molecule has 3 aromatic heterocycles. The maximum Gasteiger partial charge on any atom is 0.130 e. The van der Waals surface area contributed by atoms with Gasteiger partial charge in [-0.25, -0.2) is 9.97 Å².